The summed E-state index contributed by atoms with van der Waals surface area (Å²) in [5, 5.41) is 1.21. The van der Waals surface area contributed by atoms with Gasteiger partial charge in [0.15, 0.2) is 0 Å². The van der Waals surface area contributed by atoms with Gasteiger partial charge in [0.05, 0.1) is 5.69 Å². The maximum atomic E-state index is 4.89. The number of pyridine rings is 1. The van der Waals surface area contributed by atoms with Crippen LogP contribution in [0.5, 0.6) is 0 Å². The molecule has 2 heteroatoms. The summed E-state index contributed by atoms with van der Waals surface area (Å²) in [7, 11) is 0. The van der Waals surface area contributed by atoms with Gasteiger partial charge >= 0.3 is 0 Å². The standard InChI is InChI=1S/C21H17NS/c1-14-10-15(2)12-18(11-14)19-9-8-17-13-20(23-21(17)22-19)16-6-4-3-5-7-16/h3-13H,1-2H3. The Bertz CT molecular complexity index is 963. The van der Waals surface area contributed by atoms with E-state index in [-0.39, 0.29) is 0 Å². The number of benzene rings is 2. The molecule has 1 nitrogen and oxygen atoms in total. The lowest BCUT2D eigenvalue weighted by Crippen LogP contribution is -1.85. The zero-order chi connectivity index (χ0) is 15.8. The predicted octanol–water partition coefficient (Wildman–Crippen LogP) is 6.25. The molecule has 0 unspecified atom stereocenters. The van der Waals surface area contributed by atoms with Crippen LogP contribution in [0, 0.1) is 13.8 Å². The van der Waals surface area contributed by atoms with Gasteiger partial charge in [-0.3, -0.25) is 0 Å². The molecule has 23 heavy (non-hydrogen) atoms. The van der Waals surface area contributed by atoms with E-state index in [9.17, 15) is 0 Å². The lowest BCUT2D eigenvalue weighted by molar-refractivity contribution is 1.35. The molecule has 0 N–H and O–H groups in total. The van der Waals surface area contributed by atoms with Crippen LogP contribution >= 0.6 is 11.3 Å². The molecule has 4 aromatic rings. The van der Waals surface area contributed by atoms with E-state index in [0.29, 0.717) is 0 Å². The van der Waals surface area contributed by atoms with E-state index in [4.69, 9.17) is 4.98 Å². The summed E-state index contributed by atoms with van der Waals surface area (Å²) in [6.07, 6.45) is 0. The highest BCUT2D eigenvalue weighted by molar-refractivity contribution is 7.21. The maximum Gasteiger partial charge on any atom is 0.124 e. The Balaban J connectivity index is 1.82. The van der Waals surface area contributed by atoms with Gasteiger partial charge in [-0.05, 0) is 49.7 Å². The monoisotopic (exact) mass is 315 g/mol. The first-order valence-electron chi connectivity index (χ1n) is 7.74. The summed E-state index contributed by atoms with van der Waals surface area (Å²) < 4.78 is 0. The van der Waals surface area contributed by atoms with Crippen molar-refractivity contribution in [3.05, 3.63) is 77.9 Å². The van der Waals surface area contributed by atoms with Crippen LogP contribution in [-0.2, 0) is 0 Å². The van der Waals surface area contributed by atoms with E-state index in [1.165, 1.54) is 32.5 Å². The number of thiophene rings is 1. The summed E-state index contributed by atoms with van der Waals surface area (Å²) in [6.45, 7) is 4.27. The zero-order valence-electron chi connectivity index (χ0n) is 13.2. The fraction of sp³-hybridized carbons (Fsp3) is 0.0952. The van der Waals surface area contributed by atoms with Crippen molar-refractivity contribution >= 4 is 21.6 Å². The van der Waals surface area contributed by atoms with Crippen LogP contribution < -0.4 is 0 Å². The lowest BCUT2D eigenvalue weighted by atomic mass is 10.0. The average molecular weight is 315 g/mol. The number of hydrogen-bond donors (Lipinski definition) is 0. The normalized spacial score (nSPS) is 11.0. The van der Waals surface area contributed by atoms with Crippen LogP contribution in [0.2, 0.25) is 0 Å². The lowest BCUT2D eigenvalue weighted by Gasteiger charge is -2.04. The molecule has 4 rings (SSSR count). The molecule has 0 aliphatic carbocycles. The van der Waals surface area contributed by atoms with Crippen molar-refractivity contribution in [3.63, 3.8) is 0 Å². The number of fused-ring (bicyclic) bond motifs is 1. The minimum atomic E-state index is 1.05. The highest BCUT2D eigenvalue weighted by atomic mass is 32.1. The molecule has 0 aliphatic rings. The van der Waals surface area contributed by atoms with E-state index in [1.807, 2.05) is 6.07 Å². The molecular formula is C21H17NS. The largest absolute Gasteiger partial charge is 0.237 e. The SMILES string of the molecule is Cc1cc(C)cc(-c2ccc3cc(-c4ccccc4)sc3n2)c1. The Morgan fingerprint density at radius 2 is 1.48 bits per heavy atom. The Kier molecular flexibility index (Phi) is 3.47. The predicted molar refractivity (Wildman–Crippen MR) is 100.0 cm³/mol. The molecule has 0 radical (unpaired) electrons. The van der Waals surface area contributed by atoms with Crippen LogP contribution in [0.25, 0.3) is 31.9 Å². The van der Waals surface area contributed by atoms with Crippen LogP contribution in [0.4, 0.5) is 0 Å². The topological polar surface area (TPSA) is 12.9 Å². The number of rotatable bonds is 2. The van der Waals surface area contributed by atoms with Gasteiger partial charge in [-0.1, -0.05) is 47.5 Å². The smallest absolute Gasteiger partial charge is 0.124 e. The van der Waals surface area contributed by atoms with E-state index in [2.05, 4.69) is 74.5 Å². The maximum absolute atomic E-state index is 4.89. The number of hydrogen-bond acceptors (Lipinski definition) is 2. The Morgan fingerprint density at radius 3 is 2.22 bits per heavy atom. The van der Waals surface area contributed by atoms with Crippen molar-refractivity contribution in [1.29, 1.82) is 0 Å². The van der Waals surface area contributed by atoms with Gasteiger partial charge in [0.2, 0.25) is 0 Å². The van der Waals surface area contributed by atoms with Gasteiger partial charge in [0.1, 0.15) is 4.83 Å². The Hall–Kier alpha value is -2.45. The van der Waals surface area contributed by atoms with Crippen molar-refractivity contribution < 1.29 is 0 Å². The van der Waals surface area contributed by atoms with Crippen LogP contribution in [0.3, 0.4) is 0 Å². The Morgan fingerprint density at radius 1 is 0.739 bits per heavy atom. The van der Waals surface area contributed by atoms with Gasteiger partial charge in [0.25, 0.3) is 0 Å². The molecule has 0 amide bonds. The van der Waals surface area contributed by atoms with E-state index in [0.717, 1.165) is 10.5 Å². The Labute approximate surface area is 140 Å². The second-order valence-corrected chi connectivity index (χ2v) is 6.97. The van der Waals surface area contributed by atoms with E-state index in [1.54, 1.807) is 11.3 Å². The molecule has 2 aromatic heterocycles. The van der Waals surface area contributed by atoms with Gasteiger partial charge in [-0.15, -0.1) is 11.3 Å². The summed E-state index contributed by atoms with van der Waals surface area (Å²) in [5.41, 5.74) is 6.05. The number of aromatic nitrogens is 1. The second kappa shape index (κ2) is 5.64. The first-order valence-corrected chi connectivity index (χ1v) is 8.55. The van der Waals surface area contributed by atoms with Crippen molar-refractivity contribution in [1.82, 2.24) is 4.98 Å². The molecule has 0 saturated carbocycles. The average Bonchev–Trinajstić information content (AvgIpc) is 2.98. The van der Waals surface area contributed by atoms with Crippen molar-refractivity contribution in [3.8, 4) is 21.7 Å². The first-order chi connectivity index (χ1) is 11.2. The third-order valence-electron chi connectivity index (χ3n) is 3.96. The van der Waals surface area contributed by atoms with Crippen molar-refractivity contribution in [2.75, 3.05) is 0 Å². The minimum Gasteiger partial charge on any atom is -0.237 e. The molecule has 0 spiro atoms. The van der Waals surface area contributed by atoms with Crippen molar-refractivity contribution in [2.24, 2.45) is 0 Å². The summed E-state index contributed by atoms with van der Waals surface area (Å²) in [4.78, 5) is 7.26. The molecular weight excluding hydrogens is 298 g/mol. The number of aryl methyl sites for hydroxylation is 2. The zero-order valence-corrected chi connectivity index (χ0v) is 14.0. The van der Waals surface area contributed by atoms with Gasteiger partial charge in [-0.25, -0.2) is 4.98 Å². The summed E-state index contributed by atoms with van der Waals surface area (Å²) in [6, 6.07) is 23.6. The molecule has 2 heterocycles. The van der Waals surface area contributed by atoms with Crippen LogP contribution in [0.15, 0.2) is 66.7 Å². The van der Waals surface area contributed by atoms with Crippen LogP contribution in [-0.4, -0.2) is 4.98 Å². The van der Waals surface area contributed by atoms with Crippen molar-refractivity contribution in [2.45, 2.75) is 13.8 Å². The summed E-state index contributed by atoms with van der Waals surface area (Å²) >= 11 is 1.76. The molecule has 0 atom stereocenters. The molecule has 0 fully saturated rings. The van der Waals surface area contributed by atoms with E-state index < -0.39 is 0 Å². The highest BCUT2D eigenvalue weighted by Crippen LogP contribution is 2.34. The van der Waals surface area contributed by atoms with E-state index >= 15 is 0 Å². The highest BCUT2D eigenvalue weighted by Gasteiger charge is 2.08. The molecule has 112 valence electrons. The molecule has 0 saturated heterocycles. The number of nitrogens with zero attached hydrogens (tertiary/aromatic N) is 1. The quantitative estimate of drug-likeness (QED) is 0.426. The van der Waals surface area contributed by atoms with Gasteiger partial charge in [0, 0.05) is 15.8 Å². The minimum absolute atomic E-state index is 1.05. The fourth-order valence-corrected chi connectivity index (χ4v) is 3.98. The molecule has 2 aromatic carbocycles. The van der Waals surface area contributed by atoms with Gasteiger partial charge in [-0.2, -0.15) is 0 Å². The van der Waals surface area contributed by atoms with Gasteiger partial charge < -0.3 is 0 Å². The second-order valence-electron chi connectivity index (χ2n) is 5.94. The molecule has 0 aliphatic heterocycles. The van der Waals surface area contributed by atoms with Crippen LogP contribution in [0.1, 0.15) is 11.1 Å². The third-order valence-corrected chi connectivity index (χ3v) is 5.05. The molecule has 0 bridgehead atoms. The fourth-order valence-electron chi connectivity index (χ4n) is 2.95. The first kappa shape index (κ1) is 14.2. The summed E-state index contributed by atoms with van der Waals surface area (Å²) in [5.74, 6) is 0. The third kappa shape index (κ3) is 2.78.